The summed E-state index contributed by atoms with van der Waals surface area (Å²) in [4.78, 5) is 37.1. The molecule has 0 fully saturated rings. The Bertz CT molecular complexity index is 554. The number of hydrogen-bond donors (Lipinski definition) is 0. The Morgan fingerprint density at radius 1 is 1.32 bits per heavy atom. The molecule has 0 N–H and O–H groups in total. The molecule has 2 rings (SSSR count). The summed E-state index contributed by atoms with van der Waals surface area (Å²) in [6, 6.07) is 5.37. The molecule has 0 saturated heterocycles. The molecule has 4 nitrogen and oxygen atoms in total. The number of amides is 1. The lowest BCUT2D eigenvalue weighted by Crippen LogP contribution is -2.36. The molecule has 0 aromatic heterocycles. The molecule has 19 heavy (non-hydrogen) atoms. The standard InChI is InChI=1S/C14H15NO3S/c1-9(16)5-6-15-12-7-11(10(2)17)3-4-13(12)19-8-14(15)18/h3-4,7H,5-6,8H2,1-2H3. The van der Waals surface area contributed by atoms with Crippen LogP contribution in [0, 0.1) is 0 Å². The summed E-state index contributed by atoms with van der Waals surface area (Å²) in [7, 11) is 0. The molecule has 1 amide bonds. The van der Waals surface area contributed by atoms with Gasteiger partial charge in [-0.05, 0) is 26.0 Å². The lowest BCUT2D eigenvalue weighted by molar-refractivity contribution is -0.117. The van der Waals surface area contributed by atoms with Gasteiger partial charge < -0.3 is 4.90 Å². The van der Waals surface area contributed by atoms with Gasteiger partial charge in [-0.1, -0.05) is 6.07 Å². The lowest BCUT2D eigenvalue weighted by Gasteiger charge is -2.29. The first kappa shape index (κ1) is 13.8. The Kier molecular flexibility index (Phi) is 4.04. The predicted molar refractivity (Wildman–Crippen MR) is 74.8 cm³/mol. The van der Waals surface area contributed by atoms with Crippen LogP contribution in [0.4, 0.5) is 5.69 Å². The monoisotopic (exact) mass is 277 g/mol. The maximum Gasteiger partial charge on any atom is 0.237 e. The van der Waals surface area contributed by atoms with Crippen molar-refractivity contribution < 1.29 is 14.4 Å². The zero-order chi connectivity index (χ0) is 14.0. The van der Waals surface area contributed by atoms with Crippen molar-refractivity contribution in [2.45, 2.75) is 25.2 Å². The van der Waals surface area contributed by atoms with Gasteiger partial charge in [0.25, 0.3) is 0 Å². The van der Waals surface area contributed by atoms with E-state index in [1.165, 1.54) is 25.6 Å². The fourth-order valence-corrected chi connectivity index (χ4v) is 2.85. The first-order chi connectivity index (χ1) is 8.99. The fourth-order valence-electron chi connectivity index (χ4n) is 1.94. The molecule has 1 heterocycles. The highest BCUT2D eigenvalue weighted by Crippen LogP contribution is 2.36. The quantitative estimate of drug-likeness (QED) is 0.792. The summed E-state index contributed by atoms with van der Waals surface area (Å²) in [6.45, 7) is 3.39. The molecule has 1 aromatic rings. The number of carbonyl (C=O) groups excluding carboxylic acids is 3. The number of fused-ring (bicyclic) bond motifs is 1. The van der Waals surface area contributed by atoms with Crippen LogP contribution in [0.15, 0.2) is 23.1 Å². The molecule has 0 radical (unpaired) electrons. The van der Waals surface area contributed by atoms with Gasteiger partial charge >= 0.3 is 0 Å². The van der Waals surface area contributed by atoms with Gasteiger partial charge in [0.2, 0.25) is 5.91 Å². The van der Waals surface area contributed by atoms with Crippen molar-refractivity contribution >= 4 is 34.9 Å². The van der Waals surface area contributed by atoms with Crippen molar-refractivity contribution in [1.82, 2.24) is 0 Å². The number of rotatable bonds is 4. The van der Waals surface area contributed by atoms with Crippen LogP contribution < -0.4 is 4.90 Å². The topological polar surface area (TPSA) is 54.5 Å². The zero-order valence-electron chi connectivity index (χ0n) is 10.9. The lowest BCUT2D eigenvalue weighted by atomic mass is 10.1. The third-order valence-electron chi connectivity index (χ3n) is 3.00. The van der Waals surface area contributed by atoms with Gasteiger partial charge in [-0.25, -0.2) is 0 Å². The van der Waals surface area contributed by atoms with Crippen LogP contribution in [0.3, 0.4) is 0 Å². The summed E-state index contributed by atoms with van der Waals surface area (Å²) >= 11 is 1.47. The van der Waals surface area contributed by atoms with E-state index in [4.69, 9.17) is 0 Å². The Morgan fingerprint density at radius 2 is 2.05 bits per heavy atom. The number of carbonyl (C=O) groups is 3. The molecular weight excluding hydrogens is 262 g/mol. The van der Waals surface area contributed by atoms with Gasteiger partial charge in [-0.15, -0.1) is 11.8 Å². The minimum absolute atomic E-state index is 0.0144. The number of benzene rings is 1. The van der Waals surface area contributed by atoms with E-state index in [1.807, 2.05) is 6.07 Å². The first-order valence-electron chi connectivity index (χ1n) is 6.06. The van der Waals surface area contributed by atoms with E-state index in [0.717, 1.165) is 10.6 Å². The Labute approximate surface area is 116 Å². The number of hydrogen-bond acceptors (Lipinski definition) is 4. The second-order valence-electron chi connectivity index (χ2n) is 4.52. The number of ketones is 2. The third kappa shape index (κ3) is 3.04. The minimum Gasteiger partial charge on any atom is -0.310 e. The Morgan fingerprint density at radius 3 is 2.68 bits per heavy atom. The van der Waals surface area contributed by atoms with Gasteiger partial charge in [-0.2, -0.15) is 0 Å². The number of nitrogens with zero attached hydrogens (tertiary/aromatic N) is 1. The largest absolute Gasteiger partial charge is 0.310 e. The molecule has 5 heteroatoms. The highest BCUT2D eigenvalue weighted by Gasteiger charge is 2.25. The zero-order valence-corrected chi connectivity index (χ0v) is 11.8. The number of thioether (sulfide) groups is 1. The van der Waals surface area contributed by atoms with Crippen molar-refractivity contribution in [1.29, 1.82) is 0 Å². The van der Waals surface area contributed by atoms with Crippen LogP contribution in [0.5, 0.6) is 0 Å². The minimum atomic E-state index is -0.0302. The fraction of sp³-hybridized carbons (Fsp3) is 0.357. The van der Waals surface area contributed by atoms with Crippen molar-refractivity contribution in [3.8, 4) is 0 Å². The average molecular weight is 277 g/mol. The second kappa shape index (κ2) is 5.57. The second-order valence-corrected chi connectivity index (χ2v) is 5.54. The Hall–Kier alpha value is -1.62. The van der Waals surface area contributed by atoms with E-state index in [9.17, 15) is 14.4 Å². The molecule has 0 bridgehead atoms. The average Bonchev–Trinajstić information content (AvgIpc) is 2.36. The molecule has 0 atom stereocenters. The molecule has 100 valence electrons. The Balaban J connectivity index is 2.35. The van der Waals surface area contributed by atoms with E-state index in [-0.39, 0.29) is 17.5 Å². The molecule has 0 saturated carbocycles. The van der Waals surface area contributed by atoms with Gasteiger partial charge in [0.1, 0.15) is 5.78 Å². The summed E-state index contributed by atoms with van der Waals surface area (Å²) in [5.41, 5.74) is 1.33. The van der Waals surface area contributed by atoms with Crippen molar-refractivity contribution in [2.75, 3.05) is 17.2 Å². The van der Waals surface area contributed by atoms with Crippen LogP contribution in [-0.4, -0.2) is 29.8 Å². The summed E-state index contributed by atoms with van der Waals surface area (Å²) < 4.78 is 0. The maximum absolute atomic E-state index is 12.0. The van der Waals surface area contributed by atoms with Crippen LogP contribution in [-0.2, 0) is 9.59 Å². The van der Waals surface area contributed by atoms with Gasteiger partial charge in [0, 0.05) is 23.4 Å². The predicted octanol–water partition coefficient (Wildman–Crippen LogP) is 2.31. The summed E-state index contributed by atoms with van der Waals surface area (Å²) in [5, 5.41) is 0. The summed E-state index contributed by atoms with van der Waals surface area (Å²) in [6.07, 6.45) is 0.333. The first-order valence-corrected chi connectivity index (χ1v) is 7.05. The van der Waals surface area contributed by atoms with Crippen LogP contribution in [0.1, 0.15) is 30.6 Å². The molecule has 1 aromatic carbocycles. The highest BCUT2D eigenvalue weighted by atomic mass is 32.2. The van der Waals surface area contributed by atoms with Crippen LogP contribution >= 0.6 is 11.8 Å². The third-order valence-corrected chi connectivity index (χ3v) is 4.04. The van der Waals surface area contributed by atoms with E-state index in [0.29, 0.717) is 24.3 Å². The molecule has 1 aliphatic heterocycles. The van der Waals surface area contributed by atoms with Crippen LogP contribution in [0.2, 0.25) is 0 Å². The molecule has 0 aliphatic carbocycles. The smallest absolute Gasteiger partial charge is 0.237 e. The van der Waals surface area contributed by atoms with E-state index in [1.54, 1.807) is 17.0 Å². The SMILES string of the molecule is CC(=O)CCN1C(=O)CSc2ccc(C(C)=O)cc21. The molecular formula is C14H15NO3S. The number of anilines is 1. The molecule has 0 unspecified atom stereocenters. The van der Waals surface area contributed by atoms with Crippen LogP contribution in [0.25, 0.3) is 0 Å². The highest BCUT2D eigenvalue weighted by molar-refractivity contribution is 8.00. The van der Waals surface area contributed by atoms with Gasteiger partial charge in [-0.3, -0.25) is 14.4 Å². The molecule has 0 spiro atoms. The van der Waals surface area contributed by atoms with Gasteiger partial charge in [0.05, 0.1) is 11.4 Å². The summed E-state index contributed by atoms with van der Waals surface area (Å²) in [5.74, 6) is 0.386. The maximum atomic E-state index is 12.0. The van der Waals surface area contributed by atoms with E-state index < -0.39 is 0 Å². The van der Waals surface area contributed by atoms with Crippen molar-refractivity contribution in [3.63, 3.8) is 0 Å². The van der Waals surface area contributed by atoms with Crippen molar-refractivity contribution in [3.05, 3.63) is 23.8 Å². The van der Waals surface area contributed by atoms with E-state index >= 15 is 0 Å². The normalized spacial score (nSPS) is 14.2. The molecule has 1 aliphatic rings. The van der Waals surface area contributed by atoms with Gasteiger partial charge in [0.15, 0.2) is 5.78 Å². The van der Waals surface area contributed by atoms with Crippen molar-refractivity contribution in [2.24, 2.45) is 0 Å². The van der Waals surface area contributed by atoms with E-state index in [2.05, 4.69) is 0 Å². The number of Topliss-reactive ketones (excluding diaryl/α,β-unsaturated/α-hetero) is 2.